The highest BCUT2D eigenvalue weighted by Crippen LogP contribution is 2.45. The molecule has 0 bridgehead atoms. The predicted octanol–water partition coefficient (Wildman–Crippen LogP) is 13.4. The molecule has 0 unspecified atom stereocenters. The summed E-state index contributed by atoms with van der Waals surface area (Å²) in [5.74, 6) is 0. The number of hydrogen-bond donors (Lipinski definition) is 0. The summed E-state index contributed by atoms with van der Waals surface area (Å²) >= 11 is 0. The summed E-state index contributed by atoms with van der Waals surface area (Å²) in [5.41, 5.74) is -4.91. The zero-order valence-electron chi connectivity index (χ0n) is 46.8. The van der Waals surface area contributed by atoms with Crippen LogP contribution in [0.2, 0.25) is 0 Å². The Hall–Kier alpha value is -6.58. The zero-order valence-corrected chi connectivity index (χ0v) is 24.8. The predicted molar refractivity (Wildman–Crippen MR) is 204 cm³/mol. The first-order valence-corrected chi connectivity index (χ1v) is 14.8. The molecular formula is C46H29NO2. The summed E-state index contributed by atoms with van der Waals surface area (Å²) in [5, 5.41) is -0.759. The third kappa shape index (κ3) is 4.44. The van der Waals surface area contributed by atoms with Crippen LogP contribution < -0.4 is 4.90 Å². The molecule has 0 radical (unpaired) electrons. The maximum absolute atomic E-state index is 9.69. The first-order chi connectivity index (χ1) is 33.5. The van der Waals surface area contributed by atoms with Crippen molar-refractivity contribution in [1.82, 2.24) is 0 Å². The molecule has 0 saturated heterocycles. The molecule has 0 spiro atoms. The van der Waals surface area contributed by atoms with E-state index >= 15 is 0 Å². The third-order valence-corrected chi connectivity index (χ3v) is 8.05. The van der Waals surface area contributed by atoms with Crippen molar-refractivity contribution < 1.29 is 39.0 Å². The van der Waals surface area contributed by atoms with E-state index in [2.05, 4.69) is 0 Å². The molecule has 49 heavy (non-hydrogen) atoms. The molecule has 8 aromatic carbocycles. The molecule has 10 aromatic rings. The minimum absolute atomic E-state index is 0.107. The zero-order chi connectivity index (χ0) is 51.5. The first-order valence-electron chi connectivity index (χ1n) is 25.8. The number of para-hydroxylation sites is 2. The lowest BCUT2D eigenvalue weighted by Gasteiger charge is -2.26. The maximum Gasteiger partial charge on any atom is 0.143 e. The van der Waals surface area contributed by atoms with Crippen LogP contribution in [0.4, 0.5) is 17.1 Å². The summed E-state index contributed by atoms with van der Waals surface area (Å²) in [4.78, 5) is 0.601. The average Bonchev–Trinajstić information content (AvgIpc) is 3.94. The van der Waals surface area contributed by atoms with E-state index in [9.17, 15) is 13.7 Å². The van der Waals surface area contributed by atoms with Crippen molar-refractivity contribution in [1.29, 1.82) is 0 Å². The van der Waals surface area contributed by atoms with Gasteiger partial charge in [-0.3, -0.25) is 0 Å². The van der Waals surface area contributed by atoms with Gasteiger partial charge in [0.1, 0.15) is 22.3 Å². The molecule has 0 saturated carbocycles. The molecule has 0 aliphatic rings. The van der Waals surface area contributed by atoms with Gasteiger partial charge in [0.05, 0.1) is 41.2 Å². The number of furan rings is 2. The fraction of sp³-hybridized carbons (Fsp3) is 0. The number of hydrogen-bond acceptors (Lipinski definition) is 3. The van der Waals surface area contributed by atoms with Gasteiger partial charge in [0.2, 0.25) is 0 Å². The summed E-state index contributed by atoms with van der Waals surface area (Å²) in [6.45, 7) is 0. The third-order valence-electron chi connectivity index (χ3n) is 8.05. The van der Waals surface area contributed by atoms with Crippen LogP contribution in [0.15, 0.2) is 184 Å². The summed E-state index contributed by atoms with van der Waals surface area (Å²) in [7, 11) is 0. The molecule has 0 N–H and O–H groups in total. The molecule has 0 aliphatic heterocycles. The Morgan fingerprint density at radius 3 is 1.96 bits per heavy atom. The highest BCUT2D eigenvalue weighted by Gasteiger charge is 2.21. The van der Waals surface area contributed by atoms with Crippen LogP contribution >= 0.6 is 0 Å². The number of rotatable bonds is 5. The SMILES string of the molecule is [2H]c1c([2H])c([2H])c(-c2c([2H])c([2H])c(N(c3c([2H])c([2H])c(-c4cccc5c4oc4ccccc45)c([2H])c3[2H])c3c([2H])c([2H])c([2H])c4oc5c6c([2H])c([2H])c([2H])c([2H])c6c([2H])c([2H])c5c34)c([2H])c2[2H])c([2H])c1[2H]. The summed E-state index contributed by atoms with van der Waals surface area (Å²) in [6, 6.07) is -7.57. The largest absolute Gasteiger partial charge is 0.455 e. The van der Waals surface area contributed by atoms with Gasteiger partial charge < -0.3 is 13.7 Å². The van der Waals surface area contributed by atoms with Gasteiger partial charge in [0, 0.05) is 38.5 Å². The van der Waals surface area contributed by atoms with Crippen LogP contribution in [0, 0.1) is 0 Å². The molecule has 3 heteroatoms. The van der Waals surface area contributed by atoms with Gasteiger partial charge >= 0.3 is 0 Å². The number of benzene rings is 8. The second-order valence-electron chi connectivity index (χ2n) is 10.8. The lowest BCUT2D eigenvalue weighted by Crippen LogP contribution is -2.10. The van der Waals surface area contributed by atoms with E-state index < -0.39 is 194 Å². The van der Waals surface area contributed by atoms with Crippen LogP contribution in [0.5, 0.6) is 0 Å². The van der Waals surface area contributed by atoms with E-state index in [1.807, 2.05) is 0 Å². The van der Waals surface area contributed by atoms with Crippen LogP contribution in [0.1, 0.15) is 30.2 Å². The number of anilines is 3. The van der Waals surface area contributed by atoms with Gasteiger partial charge in [-0.05, 0) is 70.4 Å². The first kappa shape index (κ1) is 13.5. The van der Waals surface area contributed by atoms with Crippen molar-refractivity contribution in [2.75, 3.05) is 4.90 Å². The van der Waals surface area contributed by atoms with E-state index in [-0.39, 0.29) is 16.7 Å². The van der Waals surface area contributed by atoms with Gasteiger partial charge in [-0.15, -0.1) is 0 Å². The number of nitrogens with zero attached hydrogens (tertiary/aromatic N) is 1. The van der Waals surface area contributed by atoms with Gasteiger partial charge in [0.25, 0.3) is 0 Å². The fourth-order valence-corrected chi connectivity index (χ4v) is 5.87. The van der Waals surface area contributed by atoms with E-state index in [0.29, 0.717) is 21.3 Å². The highest BCUT2D eigenvalue weighted by molar-refractivity contribution is 6.19. The van der Waals surface area contributed by atoms with E-state index in [0.717, 1.165) is 0 Å². The number of fused-ring (bicyclic) bond motifs is 8. The molecule has 230 valence electrons. The van der Waals surface area contributed by atoms with Crippen LogP contribution in [-0.4, -0.2) is 0 Å². The quantitative estimate of drug-likeness (QED) is 0.186. The normalized spacial score (nSPS) is 18.0. The van der Waals surface area contributed by atoms with Crippen LogP contribution in [-0.2, 0) is 0 Å². The minimum atomic E-state index is -1.10. The average molecular weight is 650 g/mol. The van der Waals surface area contributed by atoms with E-state index in [1.54, 1.807) is 36.4 Å². The Balaban J connectivity index is 1.41. The Kier molecular flexibility index (Phi) is 3.03. The molecule has 10 rings (SSSR count). The second kappa shape index (κ2) is 11.0. The molecule has 3 nitrogen and oxygen atoms in total. The van der Waals surface area contributed by atoms with Crippen LogP contribution in [0.25, 0.3) is 76.9 Å². The van der Waals surface area contributed by atoms with Gasteiger partial charge in [0.15, 0.2) is 0 Å². The lowest BCUT2D eigenvalue weighted by molar-refractivity contribution is 0.670. The molecule has 0 aliphatic carbocycles. The van der Waals surface area contributed by atoms with Crippen molar-refractivity contribution >= 4 is 71.7 Å². The Morgan fingerprint density at radius 1 is 0.429 bits per heavy atom. The standard InChI is InChI=1S/C46H29NO2/c1-2-10-30(11-3-1)31-20-25-34(26-21-31)47(41-17-9-19-43-44(41)40-29-24-32-12-4-5-13-36(32)46(40)49-43)35-27-22-33(23-28-35)37-15-8-16-39-38-14-6-7-18-42(38)48-45(37)39/h1-29H/i1D,2D,3D,4D,5D,9D,10D,11D,12D,13D,17D,19D,20D,21D,22D,23D,24D,25D,26D,27D,28D,29D. The summed E-state index contributed by atoms with van der Waals surface area (Å²) < 4.78 is 211. The van der Waals surface area contributed by atoms with E-state index in [4.69, 9.17) is 25.3 Å². The van der Waals surface area contributed by atoms with Crippen molar-refractivity contribution in [2.24, 2.45) is 0 Å². The molecule has 0 atom stereocenters. The van der Waals surface area contributed by atoms with Crippen molar-refractivity contribution in [2.45, 2.75) is 0 Å². The van der Waals surface area contributed by atoms with Crippen molar-refractivity contribution in [3.05, 3.63) is 175 Å². The molecule has 0 amide bonds. The molecular weight excluding hydrogens is 599 g/mol. The Labute approximate surface area is 313 Å². The van der Waals surface area contributed by atoms with Crippen molar-refractivity contribution in [3.8, 4) is 22.3 Å². The fourth-order valence-electron chi connectivity index (χ4n) is 5.87. The van der Waals surface area contributed by atoms with Gasteiger partial charge in [-0.2, -0.15) is 0 Å². The van der Waals surface area contributed by atoms with Crippen molar-refractivity contribution in [3.63, 3.8) is 0 Å². The Morgan fingerprint density at radius 2 is 1.12 bits per heavy atom. The van der Waals surface area contributed by atoms with E-state index in [1.165, 1.54) is 6.07 Å². The highest BCUT2D eigenvalue weighted by atomic mass is 16.3. The minimum Gasteiger partial charge on any atom is -0.455 e. The topological polar surface area (TPSA) is 29.5 Å². The lowest BCUT2D eigenvalue weighted by atomic mass is 10.0. The summed E-state index contributed by atoms with van der Waals surface area (Å²) in [6.07, 6.45) is 0. The maximum atomic E-state index is 9.69. The second-order valence-corrected chi connectivity index (χ2v) is 10.8. The van der Waals surface area contributed by atoms with Gasteiger partial charge in [-0.25, -0.2) is 0 Å². The van der Waals surface area contributed by atoms with Crippen LogP contribution in [0.3, 0.4) is 0 Å². The molecule has 2 heterocycles. The van der Waals surface area contributed by atoms with Gasteiger partial charge in [-0.1, -0.05) is 127 Å². The monoisotopic (exact) mass is 649 g/mol. The molecule has 0 fully saturated rings. The molecule has 2 aromatic heterocycles. The smallest absolute Gasteiger partial charge is 0.143 e. The Bertz CT molecular complexity index is 4020.